The quantitative estimate of drug-likeness (QED) is 0.614. The van der Waals surface area contributed by atoms with Gasteiger partial charge in [0.15, 0.2) is 0 Å². The number of carbonyl (C=O) groups excluding carboxylic acids is 1. The van der Waals surface area contributed by atoms with E-state index in [2.05, 4.69) is 22.9 Å². The summed E-state index contributed by atoms with van der Waals surface area (Å²) in [5.74, 6) is -0.269. The van der Waals surface area contributed by atoms with Gasteiger partial charge < -0.3 is 4.74 Å². The second-order valence-corrected chi connectivity index (χ2v) is 3.48. The zero-order valence-corrected chi connectivity index (χ0v) is 9.93. The van der Waals surface area contributed by atoms with Gasteiger partial charge in [0.25, 0.3) is 0 Å². The zero-order valence-electron chi connectivity index (χ0n) is 8.34. The number of halogens is 1. The smallest absolute Gasteiger partial charge is 0.338 e. The number of benzene rings is 1. The van der Waals surface area contributed by atoms with Crippen molar-refractivity contribution in [3.63, 3.8) is 0 Å². The van der Waals surface area contributed by atoms with Crippen LogP contribution in [0.1, 0.15) is 28.4 Å². The van der Waals surface area contributed by atoms with Crippen molar-refractivity contribution < 1.29 is 9.53 Å². The summed E-state index contributed by atoms with van der Waals surface area (Å²) >= 11 is 3.39. The van der Waals surface area contributed by atoms with E-state index in [-0.39, 0.29) is 5.97 Å². The SMILES string of the molecule is CCc1cccc(C(=O)OC)c1CBr. The third-order valence-corrected chi connectivity index (χ3v) is 2.75. The molecule has 1 rings (SSSR count). The number of aryl methyl sites for hydroxylation is 1. The van der Waals surface area contributed by atoms with Crippen molar-refractivity contribution >= 4 is 21.9 Å². The molecule has 0 fully saturated rings. The average Bonchev–Trinajstić information content (AvgIpc) is 2.26. The van der Waals surface area contributed by atoms with Crippen LogP contribution >= 0.6 is 15.9 Å². The minimum atomic E-state index is -0.269. The van der Waals surface area contributed by atoms with Crippen LogP contribution in [0.3, 0.4) is 0 Å². The number of carbonyl (C=O) groups is 1. The largest absolute Gasteiger partial charge is 0.465 e. The normalized spacial score (nSPS) is 9.93. The Morgan fingerprint density at radius 2 is 2.21 bits per heavy atom. The van der Waals surface area contributed by atoms with E-state index < -0.39 is 0 Å². The number of methoxy groups -OCH3 is 1. The summed E-state index contributed by atoms with van der Waals surface area (Å²) in [5, 5.41) is 0.682. The number of hydrogen-bond donors (Lipinski definition) is 0. The Balaban J connectivity index is 3.21. The minimum Gasteiger partial charge on any atom is -0.465 e. The van der Waals surface area contributed by atoms with Crippen molar-refractivity contribution in [1.82, 2.24) is 0 Å². The van der Waals surface area contributed by atoms with Gasteiger partial charge in [0.1, 0.15) is 0 Å². The Hall–Kier alpha value is -0.830. The third-order valence-electron chi connectivity index (χ3n) is 2.19. The van der Waals surface area contributed by atoms with Crippen LogP contribution in [-0.2, 0) is 16.5 Å². The van der Waals surface area contributed by atoms with E-state index in [1.807, 2.05) is 12.1 Å². The van der Waals surface area contributed by atoms with Crippen LogP contribution in [0.5, 0.6) is 0 Å². The maximum Gasteiger partial charge on any atom is 0.338 e. The van der Waals surface area contributed by atoms with Crippen molar-refractivity contribution in [3.8, 4) is 0 Å². The fourth-order valence-electron chi connectivity index (χ4n) is 1.42. The van der Waals surface area contributed by atoms with E-state index in [9.17, 15) is 4.79 Å². The topological polar surface area (TPSA) is 26.3 Å². The molecule has 1 aromatic rings. The standard InChI is InChI=1S/C11H13BrO2/c1-3-8-5-4-6-9(10(8)7-12)11(13)14-2/h4-6H,3,7H2,1-2H3. The Bertz CT molecular complexity index is 334. The Kier molecular flexibility index (Phi) is 4.14. The number of rotatable bonds is 3. The first-order chi connectivity index (χ1) is 6.74. The molecule has 0 atom stereocenters. The van der Waals surface area contributed by atoms with Gasteiger partial charge in [-0.2, -0.15) is 0 Å². The monoisotopic (exact) mass is 256 g/mol. The highest BCUT2D eigenvalue weighted by Gasteiger charge is 2.12. The third kappa shape index (κ3) is 2.15. The zero-order chi connectivity index (χ0) is 10.6. The predicted molar refractivity (Wildman–Crippen MR) is 59.8 cm³/mol. The van der Waals surface area contributed by atoms with Crippen molar-refractivity contribution in [2.75, 3.05) is 7.11 Å². The highest BCUT2D eigenvalue weighted by molar-refractivity contribution is 9.08. The molecule has 0 aliphatic heterocycles. The first kappa shape index (κ1) is 11.2. The molecule has 0 unspecified atom stereocenters. The lowest BCUT2D eigenvalue weighted by atomic mass is 10.0. The molecule has 0 bridgehead atoms. The van der Waals surface area contributed by atoms with E-state index in [0.29, 0.717) is 10.9 Å². The number of alkyl halides is 1. The van der Waals surface area contributed by atoms with Crippen LogP contribution < -0.4 is 0 Å². The highest BCUT2D eigenvalue weighted by Crippen LogP contribution is 2.19. The summed E-state index contributed by atoms with van der Waals surface area (Å²) in [5.41, 5.74) is 2.87. The Labute approximate surface area is 92.4 Å². The number of esters is 1. The highest BCUT2D eigenvalue weighted by atomic mass is 79.9. The molecule has 2 nitrogen and oxygen atoms in total. The van der Waals surface area contributed by atoms with Crippen molar-refractivity contribution in [2.24, 2.45) is 0 Å². The fraction of sp³-hybridized carbons (Fsp3) is 0.364. The van der Waals surface area contributed by atoms with Gasteiger partial charge in [0, 0.05) is 5.33 Å². The van der Waals surface area contributed by atoms with Gasteiger partial charge in [0.2, 0.25) is 0 Å². The van der Waals surface area contributed by atoms with Gasteiger partial charge in [-0.1, -0.05) is 35.0 Å². The lowest BCUT2D eigenvalue weighted by Crippen LogP contribution is -2.06. The molecule has 3 heteroatoms. The van der Waals surface area contributed by atoms with Gasteiger partial charge >= 0.3 is 5.97 Å². The molecule has 76 valence electrons. The fourth-order valence-corrected chi connectivity index (χ4v) is 2.09. The molecular weight excluding hydrogens is 244 g/mol. The molecule has 0 N–H and O–H groups in total. The summed E-state index contributed by atoms with van der Waals surface area (Å²) in [6.45, 7) is 2.07. The maximum atomic E-state index is 11.4. The van der Waals surface area contributed by atoms with Gasteiger partial charge in [-0.05, 0) is 23.6 Å². The molecule has 0 aliphatic rings. The van der Waals surface area contributed by atoms with Crippen LogP contribution in [-0.4, -0.2) is 13.1 Å². The second kappa shape index (κ2) is 5.15. The molecule has 0 heterocycles. The van der Waals surface area contributed by atoms with Crippen LogP contribution in [0.25, 0.3) is 0 Å². The summed E-state index contributed by atoms with van der Waals surface area (Å²) in [6, 6.07) is 5.71. The first-order valence-electron chi connectivity index (χ1n) is 4.49. The first-order valence-corrected chi connectivity index (χ1v) is 5.61. The van der Waals surface area contributed by atoms with Crippen molar-refractivity contribution in [2.45, 2.75) is 18.7 Å². The summed E-state index contributed by atoms with van der Waals surface area (Å²) < 4.78 is 4.72. The van der Waals surface area contributed by atoms with Gasteiger partial charge in [-0.25, -0.2) is 4.79 Å². The molecule has 14 heavy (non-hydrogen) atoms. The molecule has 0 amide bonds. The van der Waals surface area contributed by atoms with E-state index >= 15 is 0 Å². The molecule has 1 aromatic carbocycles. The van der Waals surface area contributed by atoms with E-state index in [4.69, 9.17) is 4.74 Å². The van der Waals surface area contributed by atoms with Crippen LogP contribution in [0, 0.1) is 0 Å². The molecule has 0 aromatic heterocycles. The Morgan fingerprint density at radius 1 is 1.50 bits per heavy atom. The molecule has 0 saturated heterocycles. The molecule has 0 aliphatic carbocycles. The van der Waals surface area contributed by atoms with Crippen LogP contribution in [0.2, 0.25) is 0 Å². The van der Waals surface area contributed by atoms with Gasteiger partial charge in [-0.3, -0.25) is 0 Å². The summed E-state index contributed by atoms with van der Waals surface area (Å²) in [4.78, 5) is 11.4. The van der Waals surface area contributed by atoms with Crippen LogP contribution in [0.15, 0.2) is 18.2 Å². The minimum absolute atomic E-state index is 0.269. The second-order valence-electron chi connectivity index (χ2n) is 2.92. The van der Waals surface area contributed by atoms with Gasteiger partial charge in [0.05, 0.1) is 12.7 Å². The number of hydrogen-bond acceptors (Lipinski definition) is 2. The maximum absolute atomic E-state index is 11.4. The summed E-state index contributed by atoms with van der Waals surface area (Å²) in [6.07, 6.45) is 0.922. The summed E-state index contributed by atoms with van der Waals surface area (Å²) in [7, 11) is 1.40. The Morgan fingerprint density at radius 3 is 2.71 bits per heavy atom. The van der Waals surface area contributed by atoms with E-state index in [1.165, 1.54) is 12.7 Å². The molecule has 0 spiro atoms. The lowest BCUT2D eigenvalue weighted by molar-refractivity contribution is 0.0599. The average molecular weight is 257 g/mol. The van der Waals surface area contributed by atoms with E-state index in [1.54, 1.807) is 6.07 Å². The van der Waals surface area contributed by atoms with E-state index in [0.717, 1.165) is 12.0 Å². The number of ether oxygens (including phenoxy) is 1. The van der Waals surface area contributed by atoms with Crippen molar-refractivity contribution in [1.29, 1.82) is 0 Å². The molecular formula is C11H13BrO2. The predicted octanol–water partition coefficient (Wildman–Crippen LogP) is 2.93. The van der Waals surface area contributed by atoms with Crippen LogP contribution in [0.4, 0.5) is 0 Å². The lowest BCUT2D eigenvalue weighted by Gasteiger charge is -2.09. The molecule has 0 saturated carbocycles. The van der Waals surface area contributed by atoms with Gasteiger partial charge in [-0.15, -0.1) is 0 Å². The molecule has 0 radical (unpaired) electrons. The van der Waals surface area contributed by atoms with Crippen molar-refractivity contribution in [3.05, 3.63) is 34.9 Å².